The van der Waals surface area contributed by atoms with Crippen LogP contribution in [-0.4, -0.2) is 28.8 Å². The van der Waals surface area contributed by atoms with Crippen LogP contribution in [0, 0.1) is 0 Å². The van der Waals surface area contributed by atoms with Crippen LogP contribution >= 0.6 is 11.6 Å². The van der Waals surface area contributed by atoms with Crippen LogP contribution in [0.4, 0.5) is 0 Å². The van der Waals surface area contributed by atoms with Crippen molar-refractivity contribution in [2.45, 2.75) is 37.8 Å². The van der Waals surface area contributed by atoms with Crippen LogP contribution in [0.25, 0.3) is 0 Å². The van der Waals surface area contributed by atoms with E-state index < -0.39 is 5.54 Å². The number of amides is 2. The Hall–Kier alpha value is -1.55. The summed E-state index contributed by atoms with van der Waals surface area (Å²) < 4.78 is 0. The number of nitrogens with zero attached hydrogens (tertiary/aromatic N) is 1. The SMILES string of the molecule is O=C1CNC(=O)C2(CCCC2)N1Cc1ccc(Cl)cc1. The highest BCUT2D eigenvalue weighted by atomic mass is 35.5. The molecule has 1 aliphatic heterocycles. The number of hydrogen-bond acceptors (Lipinski definition) is 2. The van der Waals surface area contributed by atoms with Crippen molar-refractivity contribution in [1.82, 2.24) is 10.2 Å². The summed E-state index contributed by atoms with van der Waals surface area (Å²) in [5.74, 6) is 0.00464. The second-order valence-corrected chi connectivity index (χ2v) is 5.96. The molecular weight excluding hydrogens is 276 g/mol. The van der Waals surface area contributed by atoms with Crippen LogP contribution in [-0.2, 0) is 16.1 Å². The van der Waals surface area contributed by atoms with Crippen molar-refractivity contribution in [3.8, 4) is 0 Å². The average molecular weight is 293 g/mol. The Morgan fingerprint density at radius 1 is 1.15 bits per heavy atom. The molecule has 1 saturated heterocycles. The summed E-state index contributed by atoms with van der Waals surface area (Å²) in [6, 6.07) is 7.44. The van der Waals surface area contributed by atoms with Gasteiger partial charge in [-0.15, -0.1) is 0 Å². The van der Waals surface area contributed by atoms with Crippen LogP contribution in [0.3, 0.4) is 0 Å². The van der Waals surface area contributed by atoms with Crippen molar-refractivity contribution in [3.63, 3.8) is 0 Å². The first-order valence-electron chi connectivity index (χ1n) is 6.95. The first-order valence-corrected chi connectivity index (χ1v) is 7.33. The number of benzene rings is 1. The second kappa shape index (κ2) is 5.09. The van der Waals surface area contributed by atoms with E-state index in [9.17, 15) is 9.59 Å². The summed E-state index contributed by atoms with van der Waals surface area (Å²) in [5, 5.41) is 3.41. The molecule has 106 valence electrons. The third kappa shape index (κ3) is 2.18. The van der Waals surface area contributed by atoms with Gasteiger partial charge in [-0.25, -0.2) is 0 Å². The van der Waals surface area contributed by atoms with E-state index in [-0.39, 0.29) is 18.4 Å². The molecule has 4 nitrogen and oxygen atoms in total. The van der Waals surface area contributed by atoms with Crippen LogP contribution < -0.4 is 5.32 Å². The van der Waals surface area contributed by atoms with Crippen molar-refractivity contribution in [3.05, 3.63) is 34.9 Å². The van der Waals surface area contributed by atoms with Gasteiger partial charge in [0.2, 0.25) is 11.8 Å². The number of rotatable bonds is 2. The Bertz CT molecular complexity index is 535. The van der Waals surface area contributed by atoms with Gasteiger partial charge in [0.05, 0.1) is 6.54 Å². The van der Waals surface area contributed by atoms with Gasteiger partial charge in [0.1, 0.15) is 5.54 Å². The van der Waals surface area contributed by atoms with Crippen molar-refractivity contribution >= 4 is 23.4 Å². The first kappa shape index (κ1) is 13.4. The predicted molar refractivity (Wildman–Crippen MR) is 76.2 cm³/mol. The minimum Gasteiger partial charge on any atom is -0.345 e. The molecule has 0 aromatic heterocycles. The fourth-order valence-electron chi connectivity index (χ4n) is 3.25. The van der Waals surface area contributed by atoms with Gasteiger partial charge >= 0.3 is 0 Å². The van der Waals surface area contributed by atoms with Crippen molar-refractivity contribution in [2.24, 2.45) is 0 Å². The van der Waals surface area contributed by atoms with Crippen molar-refractivity contribution in [2.75, 3.05) is 6.54 Å². The lowest BCUT2D eigenvalue weighted by molar-refractivity contribution is -0.154. The molecule has 2 aliphatic rings. The van der Waals surface area contributed by atoms with Gasteiger partial charge in [0.15, 0.2) is 0 Å². The van der Waals surface area contributed by atoms with E-state index in [4.69, 9.17) is 11.6 Å². The standard InChI is InChI=1S/C15H17ClN2O2/c16-12-5-3-11(4-6-12)10-18-13(19)9-17-14(20)15(18)7-1-2-8-15/h3-6H,1-2,7-10H2,(H,17,20). The minimum absolute atomic E-state index is 0.00134. The molecule has 3 rings (SSSR count). The Balaban J connectivity index is 1.89. The first-order chi connectivity index (χ1) is 9.62. The summed E-state index contributed by atoms with van der Waals surface area (Å²) in [5.41, 5.74) is 0.373. The zero-order valence-corrected chi connectivity index (χ0v) is 11.9. The molecule has 1 N–H and O–H groups in total. The lowest BCUT2D eigenvalue weighted by Gasteiger charge is -2.43. The average Bonchev–Trinajstić information content (AvgIpc) is 2.92. The van der Waals surface area contributed by atoms with Crippen LogP contribution in [0.5, 0.6) is 0 Å². The molecule has 1 aromatic carbocycles. The summed E-state index contributed by atoms with van der Waals surface area (Å²) in [7, 11) is 0. The van der Waals surface area contributed by atoms with Crippen LogP contribution in [0.1, 0.15) is 31.2 Å². The molecule has 1 aromatic rings. The molecule has 1 aliphatic carbocycles. The molecule has 5 heteroatoms. The van der Waals surface area contributed by atoms with E-state index in [1.807, 2.05) is 24.3 Å². The van der Waals surface area contributed by atoms with Gasteiger partial charge < -0.3 is 10.2 Å². The highest BCUT2D eigenvalue weighted by molar-refractivity contribution is 6.30. The number of halogens is 1. The minimum atomic E-state index is -0.630. The van der Waals surface area contributed by atoms with Gasteiger partial charge in [0.25, 0.3) is 0 Å². The normalized spacial score (nSPS) is 21.4. The van der Waals surface area contributed by atoms with E-state index in [2.05, 4.69) is 5.32 Å². The highest BCUT2D eigenvalue weighted by Gasteiger charge is 2.50. The third-order valence-electron chi connectivity index (χ3n) is 4.33. The molecule has 0 atom stereocenters. The van der Waals surface area contributed by atoms with Crippen molar-refractivity contribution in [1.29, 1.82) is 0 Å². The van der Waals surface area contributed by atoms with Gasteiger partial charge in [-0.2, -0.15) is 0 Å². The molecule has 1 heterocycles. The quantitative estimate of drug-likeness (QED) is 0.907. The molecule has 2 fully saturated rings. The molecular formula is C15H17ClN2O2. The summed E-state index contributed by atoms with van der Waals surface area (Å²) in [4.78, 5) is 26.3. The maximum atomic E-state index is 12.3. The zero-order valence-electron chi connectivity index (χ0n) is 11.2. The van der Waals surface area contributed by atoms with E-state index in [1.165, 1.54) is 0 Å². The molecule has 20 heavy (non-hydrogen) atoms. The Morgan fingerprint density at radius 2 is 1.80 bits per heavy atom. The number of carbonyl (C=O) groups is 2. The molecule has 1 spiro atoms. The largest absolute Gasteiger partial charge is 0.345 e. The van der Waals surface area contributed by atoms with E-state index in [1.54, 1.807) is 4.90 Å². The monoisotopic (exact) mass is 292 g/mol. The molecule has 0 bridgehead atoms. The lowest BCUT2D eigenvalue weighted by atomic mass is 9.91. The van der Waals surface area contributed by atoms with Crippen LogP contribution in [0.15, 0.2) is 24.3 Å². The zero-order chi connectivity index (χ0) is 14.2. The summed E-state index contributed by atoms with van der Waals surface area (Å²) in [6.07, 6.45) is 3.52. The maximum Gasteiger partial charge on any atom is 0.246 e. The third-order valence-corrected chi connectivity index (χ3v) is 4.58. The fourth-order valence-corrected chi connectivity index (χ4v) is 3.37. The number of carbonyl (C=O) groups excluding carboxylic acids is 2. The topological polar surface area (TPSA) is 49.4 Å². The van der Waals surface area contributed by atoms with Gasteiger partial charge in [-0.3, -0.25) is 9.59 Å². The summed E-state index contributed by atoms with van der Waals surface area (Å²) in [6.45, 7) is 0.581. The number of piperazine rings is 1. The molecule has 2 amide bonds. The highest BCUT2D eigenvalue weighted by Crippen LogP contribution is 2.38. The predicted octanol–water partition coefficient (Wildman–Crippen LogP) is 2.11. The Labute approximate surface area is 123 Å². The van der Waals surface area contributed by atoms with E-state index in [0.717, 1.165) is 31.2 Å². The number of nitrogens with one attached hydrogen (secondary N) is 1. The maximum absolute atomic E-state index is 12.3. The Morgan fingerprint density at radius 3 is 2.45 bits per heavy atom. The summed E-state index contributed by atoms with van der Waals surface area (Å²) >= 11 is 5.88. The second-order valence-electron chi connectivity index (χ2n) is 5.53. The molecule has 0 unspecified atom stereocenters. The molecule has 0 radical (unpaired) electrons. The Kier molecular flexibility index (Phi) is 3.42. The molecule has 1 saturated carbocycles. The van der Waals surface area contributed by atoms with E-state index in [0.29, 0.717) is 11.6 Å². The van der Waals surface area contributed by atoms with Gasteiger partial charge in [0, 0.05) is 11.6 Å². The van der Waals surface area contributed by atoms with Crippen molar-refractivity contribution < 1.29 is 9.59 Å². The van der Waals surface area contributed by atoms with Crippen LogP contribution in [0.2, 0.25) is 5.02 Å². The number of hydrogen-bond donors (Lipinski definition) is 1. The van der Waals surface area contributed by atoms with Gasteiger partial charge in [-0.1, -0.05) is 36.6 Å². The lowest BCUT2D eigenvalue weighted by Crippen LogP contribution is -2.65. The van der Waals surface area contributed by atoms with Gasteiger partial charge in [-0.05, 0) is 30.5 Å². The fraction of sp³-hybridized carbons (Fsp3) is 0.467. The van der Waals surface area contributed by atoms with E-state index >= 15 is 0 Å². The smallest absolute Gasteiger partial charge is 0.246 e.